The summed E-state index contributed by atoms with van der Waals surface area (Å²) < 4.78 is 0.989. The van der Waals surface area contributed by atoms with Crippen LogP contribution in [0.2, 0.25) is 0 Å². The molecule has 1 aliphatic carbocycles. The van der Waals surface area contributed by atoms with Crippen molar-refractivity contribution >= 4 is 27.7 Å². The first-order valence-corrected chi connectivity index (χ1v) is 7.44. The van der Waals surface area contributed by atoms with Crippen molar-refractivity contribution in [2.75, 3.05) is 18.0 Å². The van der Waals surface area contributed by atoms with Crippen LogP contribution in [0.5, 0.6) is 0 Å². The number of rotatable bonds is 2. The lowest BCUT2D eigenvalue weighted by molar-refractivity contribution is -0.149. The van der Waals surface area contributed by atoms with Crippen LogP contribution in [0, 0.1) is 18.3 Å². The Balaban J connectivity index is 1.89. The molecule has 2 atom stereocenters. The van der Waals surface area contributed by atoms with Crippen LogP contribution in [0.1, 0.15) is 25.0 Å². The van der Waals surface area contributed by atoms with Crippen molar-refractivity contribution in [3.8, 4) is 0 Å². The molecule has 0 unspecified atom stereocenters. The monoisotopic (exact) mass is 324 g/mol. The first-order chi connectivity index (χ1) is 9.03. The van der Waals surface area contributed by atoms with Gasteiger partial charge in [0.25, 0.3) is 0 Å². The number of hydrogen-bond acceptors (Lipinski definition) is 3. The fourth-order valence-corrected chi connectivity index (χ4v) is 3.74. The van der Waals surface area contributed by atoms with Crippen LogP contribution in [-0.2, 0) is 4.79 Å². The molecule has 1 aromatic rings. The molecule has 0 radical (unpaired) electrons. The minimum absolute atomic E-state index is 0.274. The molecule has 1 aromatic heterocycles. The number of halogens is 1. The van der Waals surface area contributed by atoms with Crippen molar-refractivity contribution in [1.29, 1.82) is 0 Å². The molecule has 3 rings (SSSR count). The lowest BCUT2D eigenvalue weighted by atomic mass is 9.81. The van der Waals surface area contributed by atoms with E-state index in [1.165, 1.54) is 0 Å². The Labute approximate surface area is 121 Å². The molecule has 2 aliphatic rings. The molecular formula is C14H17BrN2O2. The number of fused-ring (bicyclic) bond motifs is 1. The van der Waals surface area contributed by atoms with Gasteiger partial charge in [0.1, 0.15) is 5.82 Å². The highest BCUT2D eigenvalue weighted by Gasteiger charge is 2.55. The van der Waals surface area contributed by atoms with Crippen LogP contribution >= 0.6 is 15.9 Å². The average Bonchev–Trinajstić information content (AvgIpc) is 2.89. The lowest BCUT2D eigenvalue weighted by Crippen LogP contribution is -2.35. The molecule has 0 amide bonds. The fraction of sp³-hybridized carbons (Fsp3) is 0.571. The molecule has 102 valence electrons. The molecule has 0 spiro atoms. The van der Waals surface area contributed by atoms with E-state index in [-0.39, 0.29) is 5.92 Å². The molecule has 1 aliphatic heterocycles. The fourth-order valence-electron chi connectivity index (χ4n) is 3.52. The van der Waals surface area contributed by atoms with E-state index >= 15 is 0 Å². The molecular weight excluding hydrogens is 308 g/mol. The number of aromatic nitrogens is 1. The van der Waals surface area contributed by atoms with Gasteiger partial charge in [-0.2, -0.15) is 0 Å². The Bertz CT molecular complexity index is 534. The smallest absolute Gasteiger partial charge is 0.311 e. The minimum Gasteiger partial charge on any atom is -0.481 e. The largest absolute Gasteiger partial charge is 0.481 e. The van der Waals surface area contributed by atoms with E-state index in [2.05, 4.69) is 25.8 Å². The van der Waals surface area contributed by atoms with Gasteiger partial charge in [0.15, 0.2) is 0 Å². The van der Waals surface area contributed by atoms with Crippen molar-refractivity contribution in [3.05, 3.63) is 22.3 Å². The minimum atomic E-state index is -0.633. The molecule has 19 heavy (non-hydrogen) atoms. The second-order valence-electron chi connectivity index (χ2n) is 5.67. The van der Waals surface area contributed by atoms with E-state index < -0.39 is 11.4 Å². The second kappa shape index (κ2) is 4.47. The lowest BCUT2D eigenvalue weighted by Gasteiger charge is -2.23. The zero-order valence-corrected chi connectivity index (χ0v) is 12.5. The second-order valence-corrected chi connectivity index (χ2v) is 6.52. The highest BCUT2D eigenvalue weighted by atomic mass is 79.9. The van der Waals surface area contributed by atoms with E-state index in [0.29, 0.717) is 6.54 Å². The van der Waals surface area contributed by atoms with E-state index in [0.717, 1.165) is 41.8 Å². The van der Waals surface area contributed by atoms with Crippen LogP contribution in [0.25, 0.3) is 0 Å². The number of hydrogen-bond donors (Lipinski definition) is 1. The van der Waals surface area contributed by atoms with E-state index in [9.17, 15) is 9.90 Å². The highest BCUT2D eigenvalue weighted by molar-refractivity contribution is 9.10. The van der Waals surface area contributed by atoms with Gasteiger partial charge in [-0.25, -0.2) is 4.98 Å². The number of carbonyl (C=O) groups is 1. The number of carboxylic acid groups (broad SMARTS) is 1. The topological polar surface area (TPSA) is 53.4 Å². The number of carboxylic acids is 1. The zero-order chi connectivity index (χ0) is 13.6. The Hall–Kier alpha value is -1.10. The van der Waals surface area contributed by atoms with Crippen molar-refractivity contribution in [2.24, 2.45) is 11.3 Å². The summed E-state index contributed by atoms with van der Waals surface area (Å²) in [7, 11) is 0. The van der Waals surface area contributed by atoms with Gasteiger partial charge in [-0.15, -0.1) is 0 Å². The summed E-state index contributed by atoms with van der Waals surface area (Å²) in [6.45, 7) is 3.37. The van der Waals surface area contributed by atoms with Crippen molar-refractivity contribution < 1.29 is 9.90 Å². The Morgan fingerprint density at radius 2 is 2.37 bits per heavy atom. The maximum absolute atomic E-state index is 11.6. The third kappa shape index (κ3) is 1.95. The first kappa shape index (κ1) is 12.9. The van der Waals surface area contributed by atoms with Gasteiger partial charge >= 0.3 is 5.97 Å². The maximum Gasteiger partial charge on any atom is 0.311 e. The van der Waals surface area contributed by atoms with E-state index in [1.807, 2.05) is 19.1 Å². The van der Waals surface area contributed by atoms with Crippen LogP contribution in [0.15, 0.2) is 16.6 Å². The third-order valence-electron chi connectivity index (χ3n) is 4.63. The van der Waals surface area contributed by atoms with Crippen molar-refractivity contribution in [2.45, 2.75) is 26.2 Å². The summed E-state index contributed by atoms with van der Waals surface area (Å²) in [5.74, 6) is 0.540. The maximum atomic E-state index is 11.6. The molecule has 1 saturated heterocycles. The molecule has 0 bridgehead atoms. The van der Waals surface area contributed by atoms with Gasteiger partial charge in [-0.3, -0.25) is 4.79 Å². The van der Waals surface area contributed by atoms with Crippen LogP contribution in [0.3, 0.4) is 0 Å². The summed E-state index contributed by atoms with van der Waals surface area (Å²) in [6.07, 6.45) is 2.87. The normalized spacial score (nSPS) is 29.6. The quantitative estimate of drug-likeness (QED) is 0.908. The van der Waals surface area contributed by atoms with Crippen LogP contribution in [-0.4, -0.2) is 29.1 Å². The third-order valence-corrected chi connectivity index (χ3v) is 5.47. The number of nitrogens with zero attached hydrogens (tertiary/aromatic N) is 2. The van der Waals surface area contributed by atoms with Gasteiger partial charge in [-0.05, 0) is 53.7 Å². The van der Waals surface area contributed by atoms with Gasteiger partial charge in [0.05, 0.1) is 11.1 Å². The Morgan fingerprint density at radius 1 is 1.58 bits per heavy atom. The van der Waals surface area contributed by atoms with Crippen LogP contribution < -0.4 is 4.90 Å². The summed E-state index contributed by atoms with van der Waals surface area (Å²) >= 11 is 3.45. The summed E-state index contributed by atoms with van der Waals surface area (Å²) in [4.78, 5) is 18.3. The van der Waals surface area contributed by atoms with Crippen molar-refractivity contribution in [3.63, 3.8) is 0 Å². The molecule has 2 fully saturated rings. The molecule has 0 aromatic carbocycles. The number of pyridine rings is 1. The van der Waals surface area contributed by atoms with Crippen molar-refractivity contribution in [1.82, 2.24) is 4.98 Å². The summed E-state index contributed by atoms with van der Waals surface area (Å²) in [5.41, 5.74) is 0.404. The summed E-state index contributed by atoms with van der Waals surface area (Å²) in [5, 5.41) is 9.58. The molecule has 2 heterocycles. The molecule has 1 N–H and O–H groups in total. The predicted octanol–water partition coefficient (Wildman–Crippen LogP) is 2.84. The SMILES string of the molecule is Cc1nc(N2C[C@@H]3CCC[C@@]3(C(=O)O)C2)ccc1Br. The number of anilines is 1. The average molecular weight is 325 g/mol. The van der Waals surface area contributed by atoms with Crippen LogP contribution in [0.4, 0.5) is 5.82 Å². The molecule has 5 heteroatoms. The molecule has 1 saturated carbocycles. The van der Waals surface area contributed by atoms with E-state index in [4.69, 9.17) is 0 Å². The van der Waals surface area contributed by atoms with Gasteiger partial charge < -0.3 is 10.0 Å². The predicted molar refractivity (Wildman–Crippen MR) is 76.3 cm³/mol. The first-order valence-electron chi connectivity index (χ1n) is 6.64. The Morgan fingerprint density at radius 3 is 3.00 bits per heavy atom. The Kier molecular flexibility index (Phi) is 3.04. The number of aliphatic carboxylic acids is 1. The van der Waals surface area contributed by atoms with Gasteiger partial charge in [-0.1, -0.05) is 6.42 Å². The van der Waals surface area contributed by atoms with Gasteiger partial charge in [0.2, 0.25) is 0 Å². The highest BCUT2D eigenvalue weighted by Crippen LogP contribution is 2.49. The zero-order valence-electron chi connectivity index (χ0n) is 10.9. The number of aryl methyl sites for hydroxylation is 1. The van der Waals surface area contributed by atoms with Gasteiger partial charge in [0, 0.05) is 17.6 Å². The van der Waals surface area contributed by atoms with E-state index in [1.54, 1.807) is 0 Å². The standard InChI is InChI=1S/C14H17BrN2O2/c1-9-11(15)4-5-12(16-9)17-7-10-3-2-6-14(10,8-17)13(18)19/h4-5,10H,2-3,6-8H2,1H3,(H,18,19)/t10-,14+/m0/s1. The summed E-state index contributed by atoms with van der Waals surface area (Å²) in [6, 6.07) is 3.95. The molecule has 4 nitrogen and oxygen atoms in total.